The Hall–Kier alpha value is -3.34. The zero-order chi connectivity index (χ0) is 23.2. The SMILES string of the molecule is Cc1ccc([C@@H](C(=O)NC2CCCC2)N(CCc2ccccc2C)C(=O)c2ccco2)cc1. The number of carbonyl (C=O) groups is 2. The number of nitrogens with one attached hydrogen (secondary N) is 1. The maximum Gasteiger partial charge on any atom is 0.290 e. The summed E-state index contributed by atoms with van der Waals surface area (Å²) in [5, 5.41) is 3.22. The zero-order valence-electron chi connectivity index (χ0n) is 19.4. The molecule has 1 heterocycles. The molecule has 0 unspecified atom stereocenters. The van der Waals surface area contributed by atoms with Gasteiger partial charge in [0.05, 0.1) is 6.26 Å². The molecule has 3 aromatic rings. The molecule has 33 heavy (non-hydrogen) atoms. The molecule has 2 amide bonds. The molecule has 1 saturated carbocycles. The van der Waals surface area contributed by atoms with Gasteiger partial charge in [0.15, 0.2) is 5.76 Å². The van der Waals surface area contributed by atoms with E-state index in [2.05, 4.69) is 24.4 Å². The standard InChI is InChI=1S/C28H32N2O3/c1-20-13-15-23(16-14-20)26(27(31)29-24-10-5-6-11-24)30(28(32)25-12-7-19-33-25)18-17-22-9-4-3-8-21(22)2/h3-4,7-9,12-16,19,24,26H,5-6,10-11,17-18H2,1-2H3,(H,29,31)/t26-/m0/s1. The number of hydrogen-bond donors (Lipinski definition) is 1. The molecule has 0 spiro atoms. The number of furan rings is 1. The van der Waals surface area contributed by atoms with Crippen LogP contribution >= 0.6 is 0 Å². The summed E-state index contributed by atoms with van der Waals surface area (Å²) in [6.07, 6.45) is 6.37. The van der Waals surface area contributed by atoms with Crippen molar-refractivity contribution in [2.75, 3.05) is 6.54 Å². The summed E-state index contributed by atoms with van der Waals surface area (Å²) in [6, 6.07) is 18.8. The molecule has 1 fully saturated rings. The Kier molecular flexibility index (Phi) is 7.28. The number of amides is 2. The van der Waals surface area contributed by atoms with Gasteiger partial charge >= 0.3 is 0 Å². The number of benzene rings is 2. The van der Waals surface area contributed by atoms with Crippen molar-refractivity contribution in [3.8, 4) is 0 Å². The molecule has 0 saturated heterocycles. The van der Waals surface area contributed by atoms with Crippen LogP contribution in [0.3, 0.4) is 0 Å². The number of nitrogens with zero attached hydrogens (tertiary/aromatic N) is 1. The summed E-state index contributed by atoms with van der Waals surface area (Å²) in [4.78, 5) is 28.9. The van der Waals surface area contributed by atoms with Crippen LogP contribution < -0.4 is 5.32 Å². The van der Waals surface area contributed by atoms with E-state index in [0.717, 1.165) is 42.4 Å². The van der Waals surface area contributed by atoms with Crippen LogP contribution in [0, 0.1) is 13.8 Å². The zero-order valence-corrected chi connectivity index (χ0v) is 19.4. The van der Waals surface area contributed by atoms with Crippen molar-refractivity contribution in [2.45, 2.75) is 58.0 Å². The van der Waals surface area contributed by atoms with E-state index in [9.17, 15) is 9.59 Å². The Morgan fingerprint density at radius 2 is 1.73 bits per heavy atom. The van der Waals surface area contributed by atoms with E-state index < -0.39 is 6.04 Å². The van der Waals surface area contributed by atoms with Gasteiger partial charge in [-0.25, -0.2) is 0 Å². The molecule has 1 aliphatic rings. The molecular formula is C28H32N2O3. The van der Waals surface area contributed by atoms with Gasteiger partial charge in [0.1, 0.15) is 6.04 Å². The third-order valence-electron chi connectivity index (χ3n) is 6.53. The van der Waals surface area contributed by atoms with E-state index >= 15 is 0 Å². The van der Waals surface area contributed by atoms with Crippen LogP contribution in [0.4, 0.5) is 0 Å². The van der Waals surface area contributed by atoms with Crippen molar-refractivity contribution in [2.24, 2.45) is 0 Å². The van der Waals surface area contributed by atoms with E-state index in [1.165, 1.54) is 11.8 Å². The molecule has 5 nitrogen and oxygen atoms in total. The first-order chi connectivity index (χ1) is 16.0. The number of rotatable bonds is 8. The van der Waals surface area contributed by atoms with Gasteiger partial charge in [-0.3, -0.25) is 9.59 Å². The molecule has 172 valence electrons. The van der Waals surface area contributed by atoms with Crippen LogP contribution in [-0.4, -0.2) is 29.3 Å². The van der Waals surface area contributed by atoms with Crippen molar-refractivity contribution < 1.29 is 14.0 Å². The largest absolute Gasteiger partial charge is 0.459 e. The lowest BCUT2D eigenvalue weighted by Gasteiger charge is -2.32. The van der Waals surface area contributed by atoms with Crippen LogP contribution in [0.1, 0.15) is 64.5 Å². The molecule has 5 heteroatoms. The first-order valence-corrected chi connectivity index (χ1v) is 11.8. The smallest absolute Gasteiger partial charge is 0.290 e. The predicted octanol–water partition coefficient (Wildman–Crippen LogP) is 5.38. The Bertz CT molecular complexity index is 1070. The van der Waals surface area contributed by atoms with Crippen molar-refractivity contribution in [1.82, 2.24) is 10.2 Å². The number of carbonyl (C=O) groups excluding carboxylic acids is 2. The van der Waals surface area contributed by atoms with Gasteiger partial charge in [0.2, 0.25) is 5.91 Å². The van der Waals surface area contributed by atoms with E-state index in [0.29, 0.717) is 13.0 Å². The van der Waals surface area contributed by atoms with Gasteiger partial charge in [-0.05, 0) is 61.9 Å². The van der Waals surface area contributed by atoms with Crippen molar-refractivity contribution in [3.63, 3.8) is 0 Å². The quantitative estimate of drug-likeness (QED) is 0.507. The fourth-order valence-electron chi connectivity index (χ4n) is 4.59. The minimum atomic E-state index is -0.729. The number of aryl methyl sites for hydroxylation is 2. The van der Waals surface area contributed by atoms with Gasteiger partial charge in [0, 0.05) is 12.6 Å². The Morgan fingerprint density at radius 1 is 1.00 bits per heavy atom. The lowest BCUT2D eigenvalue weighted by molar-refractivity contribution is -0.126. The van der Waals surface area contributed by atoms with Gasteiger partial charge in [-0.2, -0.15) is 0 Å². The summed E-state index contributed by atoms with van der Waals surface area (Å²) in [5.74, 6) is -0.165. The van der Waals surface area contributed by atoms with E-state index in [4.69, 9.17) is 4.42 Å². The highest BCUT2D eigenvalue weighted by Crippen LogP contribution is 2.27. The molecule has 0 aliphatic heterocycles. The van der Waals surface area contributed by atoms with Crippen molar-refractivity contribution in [1.29, 1.82) is 0 Å². The fraction of sp³-hybridized carbons (Fsp3) is 0.357. The minimum absolute atomic E-state index is 0.129. The van der Waals surface area contributed by atoms with Crippen LogP contribution in [0.25, 0.3) is 0 Å². The monoisotopic (exact) mass is 444 g/mol. The molecule has 1 aliphatic carbocycles. The second-order valence-electron chi connectivity index (χ2n) is 8.96. The Morgan fingerprint density at radius 3 is 2.39 bits per heavy atom. The summed E-state index contributed by atoms with van der Waals surface area (Å²) in [5.41, 5.74) is 4.25. The van der Waals surface area contributed by atoms with Gasteiger partial charge in [-0.1, -0.05) is 66.9 Å². The van der Waals surface area contributed by atoms with Crippen LogP contribution in [0.5, 0.6) is 0 Å². The van der Waals surface area contributed by atoms with Gasteiger partial charge < -0.3 is 14.6 Å². The summed E-state index contributed by atoms with van der Waals surface area (Å²) in [7, 11) is 0. The second kappa shape index (κ2) is 10.5. The average Bonchev–Trinajstić information content (AvgIpc) is 3.52. The first-order valence-electron chi connectivity index (χ1n) is 11.8. The van der Waals surface area contributed by atoms with Crippen LogP contribution in [0.2, 0.25) is 0 Å². The molecule has 4 rings (SSSR count). The lowest BCUT2D eigenvalue weighted by atomic mass is 10.00. The summed E-state index contributed by atoms with van der Waals surface area (Å²) in [6.45, 7) is 4.49. The first kappa shape index (κ1) is 22.8. The maximum absolute atomic E-state index is 13.6. The maximum atomic E-state index is 13.6. The predicted molar refractivity (Wildman–Crippen MR) is 129 cm³/mol. The van der Waals surface area contributed by atoms with Crippen molar-refractivity contribution >= 4 is 11.8 Å². The van der Waals surface area contributed by atoms with E-state index in [-0.39, 0.29) is 23.6 Å². The number of hydrogen-bond acceptors (Lipinski definition) is 3. The lowest BCUT2D eigenvalue weighted by Crippen LogP contribution is -2.46. The molecule has 1 N–H and O–H groups in total. The highest BCUT2D eigenvalue weighted by molar-refractivity contribution is 5.96. The molecule has 1 aromatic heterocycles. The summed E-state index contributed by atoms with van der Waals surface area (Å²) >= 11 is 0. The van der Waals surface area contributed by atoms with Gasteiger partial charge in [-0.15, -0.1) is 0 Å². The Labute approximate surface area is 195 Å². The Balaban J connectivity index is 1.68. The molecule has 1 atom stereocenters. The van der Waals surface area contributed by atoms with Crippen LogP contribution in [-0.2, 0) is 11.2 Å². The normalized spacial score (nSPS) is 14.7. The third-order valence-corrected chi connectivity index (χ3v) is 6.53. The highest BCUT2D eigenvalue weighted by Gasteiger charge is 2.34. The van der Waals surface area contributed by atoms with E-state index in [1.54, 1.807) is 17.0 Å². The highest BCUT2D eigenvalue weighted by atomic mass is 16.3. The second-order valence-corrected chi connectivity index (χ2v) is 8.96. The van der Waals surface area contributed by atoms with Crippen LogP contribution in [0.15, 0.2) is 71.3 Å². The topological polar surface area (TPSA) is 62.6 Å². The molecule has 0 bridgehead atoms. The molecular weight excluding hydrogens is 412 g/mol. The van der Waals surface area contributed by atoms with Crippen molar-refractivity contribution in [3.05, 3.63) is 94.9 Å². The average molecular weight is 445 g/mol. The fourth-order valence-corrected chi connectivity index (χ4v) is 4.59. The third kappa shape index (κ3) is 5.54. The van der Waals surface area contributed by atoms with Gasteiger partial charge in [0.25, 0.3) is 5.91 Å². The summed E-state index contributed by atoms with van der Waals surface area (Å²) < 4.78 is 5.45. The minimum Gasteiger partial charge on any atom is -0.459 e. The van der Waals surface area contributed by atoms with E-state index in [1.807, 2.05) is 43.3 Å². The molecule has 2 aromatic carbocycles. The molecule has 0 radical (unpaired) electrons.